The highest BCUT2D eigenvalue weighted by atomic mass is 32.2. The highest BCUT2D eigenvalue weighted by Crippen LogP contribution is 2.25. The number of halogens is 2. The Hall–Kier alpha value is -1.41. The first-order chi connectivity index (χ1) is 7.86. The molecule has 0 fully saturated rings. The zero-order valence-corrected chi connectivity index (χ0v) is 9.80. The molecule has 0 bridgehead atoms. The number of nitrogens with one attached hydrogen (secondary N) is 1. The average molecular weight is 266 g/mol. The fourth-order valence-corrected chi connectivity index (χ4v) is 1.82. The van der Waals surface area contributed by atoms with E-state index in [1.165, 1.54) is 19.2 Å². The molecule has 0 spiro atoms. The summed E-state index contributed by atoms with van der Waals surface area (Å²) in [6.07, 6.45) is -2.65. The second kappa shape index (κ2) is 5.28. The normalized spacial score (nSPS) is 11.8. The fraction of sp³-hybridized carbons (Fsp3) is 0.333. The molecular weight excluding hydrogens is 254 g/mol. The highest BCUT2D eigenvalue weighted by Gasteiger charge is 2.14. The molecular formula is C9H12F2N2O3S. The van der Waals surface area contributed by atoms with E-state index in [4.69, 9.17) is 10.5 Å². The lowest BCUT2D eigenvalue weighted by atomic mass is 10.3. The summed E-state index contributed by atoms with van der Waals surface area (Å²) in [5.41, 5.74) is 5.57. The van der Waals surface area contributed by atoms with E-state index >= 15 is 0 Å². The zero-order valence-electron chi connectivity index (χ0n) is 8.98. The number of nitrogen functional groups attached to an aromatic ring is 1. The maximum Gasteiger partial charge on any atom is 0.272 e. The molecule has 17 heavy (non-hydrogen) atoms. The van der Waals surface area contributed by atoms with Gasteiger partial charge < -0.3 is 10.5 Å². The molecule has 8 heteroatoms. The van der Waals surface area contributed by atoms with E-state index in [2.05, 4.69) is 4.72 Å². The Bertz CT molecular complexity index is 491. The van der Waals surface area contributed by atoms with Gasteiger partial charge in [-0.3, -0.25) is 0 Å². The Kier molecular flexibility index (Phi) is 4.24. The molecule has 0 saturated heterocycles. The maximum absolute atomic E-state index is 12.0. The number of nitrogens with two attached hydrogens (primary N) is 1. The van der Waals surface area contributed by atoms with E-state index in [9.17, 15) is 17.2 Å². The van der Waals surface area contributed by atoms with E-state index in [0.29, 0.717) is 0 Å². The van der Waals surface area contributed by atoms with Gasteiger partial charge in [0.2, 0.25) is 10.0 Å². The van der Waals surface area contributed by atoms with Gasteiger partial charge in [0.25, 0.3) is 6.43 Å². The van der Waals surface area contributed by atoms with Gasteiger partial charge in [-0.1, -0.05) is 0 Å². The lowest BCUT2D eigenvalue weighted by molar-refractivity contribution is 0.0822. The first-order valence-corrected chi connectivity index (χ1v) is 6.09. The van der Waals surface area contributed by atoms with Crippen LogP contribution < -0.4 is 15.2 Å². The average Bonchev–Trinajstić information content (AvgIpc) is 2.27. The van der Waals surface area contributed by atoms with Crippen molar-refractivity contribution in [2.24, 2.45) is 0 Å². The summed E-state index contributed by atoms with van der Waals surface area (Å²) in [7, 11) is -2.41. The molecule has 1 aromatic rings. The minimum atomic E-state index is -3.65. The van der Waals surface area contributed by atoms with Gasteiger partial charge in [-0.05, 0) is 19.2 Å². The van der Waals surface area contributed by atoms with E-state index < -0.39 is 23.1 Å². The molecule has 0 aliphatic carbocycles. The van der Waals surface area contributed by atoms with Crippen LogP contribution in [0.5, 0.6) is 5.75 Å². The summed E-state index contributed by atoms with van der Waals surface area (Å²) in [4.78, 5) is -0.0986. The van der Waals surface area contributed by atoms with Crippen LogP contribution in [0, 0.1) is 0 Å². The molecule has 0 radical (unpaired) electrons. The van der Waals surface area contributed by atoms with Crippen LogP contribution in [0.4, 0.5) is 14.5 Å². The van der Waals surface area contributed by atoms with Crippen LogP contribution in [0.3, 0.4) is 0 Å². The van der Waals surface area contributed by atoms with Crippen molar-refractivity contribution in [2.45, 2.75) is 11.3 Å². The van der Waals surface area contributed by atoms with Crippen molar-refractivity contribution in [3.63, 3.8) is 0 Å². The second-order valence-electron chi connectivity index (χ2n) is 3.11. The predicted molar refractivity (Wildman–Crippen MR) is 58.6 cm³/mol. The van der Waals surface area contributed by atoms with Crippen molar-refractivity contribution in [1.29, 1.82) is 0 Å². The first-order valence-electron chi connectivity index (χ1n) is 4.61. The molecule has 0 atom stereocenters. The van der Waals surface area contributed by atoms with Crippen LogP contribution in [0.25, 0.3) is 0 Å². The summed E-state index contributed by atoms with van der Waals surface area (Å²) in [5, 5.41) is 0. The van der Waals surface area contributed by atoms with Crippen LogP contribution in [0.2, 0.25) is 0 Å². The molecule has 3 N–H and O–H groups in total. The number of anilines is 1. The standard InChI is InChI=1S/C9H12F2N2O3S/c1-13-17(14,15)6-2-3-7(12)8(4-6)16-5-9(10)11/h2-4,9,13H,5,12H2,1H3. The Morgan fingerprint density at radius 1 is 1.47 bits per heavy atom. The van der Waals surface area contributed by atoms with Gasteiger partial charge in [0, 0.05) is 6.07 Å². The van der Waals surface area contributed by atoms with E-state index in [0.717, 1.165) is 6.07 Å². The van der Waals surface area contributed by atoms with Crippen molar-refractivity contribution < 1.29 is 21.9 Å². The second-order valence-corrected chi connectivity index (χ2v) is 5.00. The molecule has 0 heterocycles. The number of hydrogen-bond donors (Lipinski definition) is 2. The molecule has 0 aliphatic rings. The van der Waals surface area contributed by atoms with Crippen LogP contribution >= 0.6 is 0 Å². The summed E-state index contributed by atoms with van der Waals surface area (Å²) in [6, 6.07) is 3.64. The lowest BCUT2D eigenvalue weighted by Crippen LogP contribution is -2.19. The molecule has 96 valence electrons. The first kappa shape index (κ1) is 13.7. The number of benzene rings is 1. The van der Waals surface area contributed by atoms with Gasteiger partial charge >= 0.3 is 0 Å². The van der Waals surface area contributed by atoms with Crippen LogP contribution in [-0.4, -0.2) is 28.5 Å². The quantitative estimate of drug-likeness (QED) is 0.773. The van der Waals surface area contributed by atoms with Gasteiger partial charge in [0.05, 0.1) is 10.6 Å². The van der Waals surface area contributed by atoms with Crippen LogP contribution in [-0.2, 0) is 10.0 Å². The van der Waals surface area contributed by atoms with E-state index in [1.54, 1.807) is 0 Å². The van der Waals surface area contributed by atoms with Crippen LogP contribution in [0.1, 0.15) is 0 Å². The van der Waals surface area contributed by atoms with Gasteiger partial charge in [0.15, 0.2) is 0 Å². The molecule has 0 aromatic heterocycles. The van der Waals surface area contributed by atoms with Crippen molar-refractivity contribution in [1.82, 2.24) is 4.72 Å². The zero-order chi connectivity index (χ0) is 13.1. The van der Waals surface area contributed by atoms with Crippen LogP contribution in [0.15, 0.2) is 23.1 Å². The third kappa shape index (κ3) is 3.53. The number of ether oxygens (including phenoxy) is 1. The van der Waals surface area contributed by atoms with Gasteiger partial charge in [0.1, 0.15) is 12.4 Å². The molecule has 5 nitrogen and oxygen atoms in total. The highest BCUT2D eigenvalue weighted by molar-refractivity contribution is 7.89. The SMILES string of the molecule is CNS(=O)(=O)c1ccc(N)c(OCC(F)F)c1. The van der Waals surface area contributed by atoms with Crippen molar-refractivity contribution in [3.8, 4) is 5.75 Å². The number of hydrogen-bond acceptors (Lipinski definition) is 4. The molecule has 0 unspecified atom stereocenters. The third-order valence-electron chi connectivity index (χ3n) is 1.93. The summed E-state index contributed by atoms with van der Waals surface area (Å²) in [6.45, 7) is -0.840. The molecule has 1 aromatic carbocycles. The molecule has 0 saturated carbocycles. The number of alkyl halides is 2. The van der Waals surface area contributed by atoms with Crippen molar-refractivity contribution >= 4 is 15.7 Å². The van der Waals surface area contributed by atoms with Gasteiger partial charge in [-0.2, -0.15) is 0 Å². The molecule has 0 aliphatic heterocycles. The Balaban J connectivity index is 3.03. The summed E-state index contributed by atoms with van der Waals surface area (Å²) >= 11 is 0. The lowest BCUT2D eigenvalue weighted by Gasteiger charge is -2.10. The van der Waals surface area contributed by atoms with Crippen molar-refractivity contribution in [3.05, 3.63) is 18.2 Å². The number of sulfonamides is 1. The van der Waals surface area contributed by atoms with E-state index in [1.807, 2.05) is 0 Å². The Morgan fingerprint density at radius 3 is 2.65 bits per heavy atom. The topological polar surface area (TPSA) is 81.4 Å². The minimum absolute atomic E-state index is 0.0818. The van der Waals surface area contributed by atoms with E-state index in [-0.39, 0.29) is 16.3 Å². The Labute approximate surface area is 97.6 Å². The van der Waals surface area contributed by atoms with Crippen molar-refractivity contribution in [2.75, 3.05) is 19.4 Å². The molecule has 0 amide bonds. The van der Waals surface area contributed by atoms with Gasteiger partial charge in [-0.25, -0.2) is 21.9 Å². The summed E-state index contributed by atoms with van der Waals surface area (Å²) in [5.74, 6) is -0.0818. The Morgan fingerprint density at radius 2 is 2.12 bits per heavy atom. The van der Waals surface area contributed by atoms with Gasteiger partial charge in [-0.15, -0.1) is 0 Å². The fourth-order valence-electron chi connectivity index (χ4n) is 1.08. The maximum atomic E-state index is 12.0. The minimum Gasteiger partial charge on any atom is -0.485 e. The predicted octanol–water partition coefficient (Wildman–Crippen LogP) is 0.821. The smallest absolute Gasteiger partial charge is 0.272 e. The number of rotatable bonds is 5. The monoisotopic (exact) mass is 266 g/mol. The third-order valence-corrected chi connectivity index (χ3v) is 3.34. The summed E-state index contributed by atoms with van der Waals surface area (Å²) < 4.78 is 53.6. The largest absolute Gasteiger partial charge is 0.485 e. The molecule has 1 rings (SSSR count).